The van der Waals surface area contributed by atoms with Crippen LogP contribution in [0.25, 0.3) is 17.2 Å². The number of allylic oxidation sites excluding steroid dienone is 2. The lowest BCUT2D eigenvalue weighted by Crippen LogP contribution is -3.00. The Balaban J connectivity index is 0.00000324. The van der Waals surface area contributed by atoms with E-state index in [1.807, 2.05) is 36.4 Å². The molecule has 0 saturated carbocycles. The molecule has 182 valence electrons. The Bertz CT molecular complexity index is 1060. The van der Waals surface area contributed by atoms with Gasteiger partial charge in [0.2, 0.25) is 5.89 Å². The summed E-state index contributed by atoms with van der Waals surface area (Å²) in [5.74, 6) is 2.62. The molecule has 1 aromatic heterocycles. The largest absolute Gasteiger partial charge is 1.00 e. The van der Waals surface area contributed by atoms with Crippen LogP contribution in [-0.2, 0) is 0 Å². The van der Waals surface area contributed by atoms with Gasteiger partial charge in [-0.3, -0.25) is 0 Å². The molecule has 0 amide bonds. The number of halogens is 1. The molecule has 4 nitrogen and oxygen atoms in total. The fourth-order valence-corrected chi connectivity index (χ4v) is 4.76. The predicted octanol–water partition coefficient (Wildman–Crippen LogP) is 5.25. The molecule has 0 spiro atoms. The van der Waals surface area contributed by atoms with E-state index in [1.54, 1.807) is 0 Å². The van der Waals surface area contributed by atoms with Crippen LogP contribution >= 0.6 is 0 Å². The second-order valence-corrected chi connectivity index (χ2v) is 8.99. The Morgan fingerprint density at radius 3 is 2.21 bits per heavy atom. The van der Waals surface area contributed by atoms with Crippen molar-refractivity contribution in [2.45, 2.75) is 65.2 Å². The third kappa shape index (κ3) is 6.11. The number of ether oxygens (including phenoxy) is 1. The summed E-state index contributed by atoms with van der Waals surface area (Å²) in [6.07, 6.45) is 16.1. The van der Waals surface area contributed by atoms with Crippen molar-refractivity contribution in [2.24, 2.45) is 0 Å². The molecule has 1 aliphatic heterocycles. The summed E-state index contributed by atoms with van der Waals surface area (Å²) in [5, 5.41) is 0. The first-order valence-electron chi connectivity index (χ1n) is 12.7. The molecule has 0 N–H and O–H groups in total. The van der Waals surface area contributed by atoms with Crippen LogP contribution in [0.2, 0.25) is 0 Å². The summed E-state index contributed by atoms with van der Waals surface area (Å²) < 4.78 is 13.1. The molecule has 2 heterocycles. The number of quaternary nitrogens is 1. The van der Waals surface area contributed by atoms with Crippen molar-refractivity contribution in [3.63, 3.8) is 0 Å². The molecule has 2 aromatic carbocycles. The minimum absolute atomic E-state index is 0. The van der Waals surface area contributed by atoms with Crippen molar-refractivity contribution < 1.29 is 33.1 Å². The van der Waals surface area contributed by atoms with Crippen LogP contribution in [0.5, 0.6) is 5.75 Å². The fourth-order valence-electron chi connectivity index (χ4n) is 4.76. The predicted molar refractivity (Wildman–Crippen MR) is 138 cm³/mol. The summed E-state index contributed by atoms with van der Waals surface area (Å²) >= 11 is 0. The molecular formula is C29H37IN2O2. The number of benzene rings is 2. The maximum Gasteiger partial charge on any atom is 0.302 e. The van der Waals surface area contributed by atoms with Gasteiger partial charge in [0.05, 0.1) is 13.1 Å². The van der Waals surface area contributed by atoms with Gasteiger partial charge in [0.15, 0.2) is 17.0 Å². The van der Waals surface area contributed by atoms with Crippen molar-refractivity contribution in [3.8, 4) is 5.75 Å². The molecule has 0 aliphatic carbocycles. The van der Waals surface area contributed by atoms with Crippen molar-refractivity contribution in [1.29, 1.82) is 0 Å². The van der Waals surface area contributed by atoms with E-state index >= 15 is 0 Å². The average Bonchev–Trinajstić information content (AvgIpc) is 3.39. The van der Waals surface area contributed by atoms with Crippen LogP contribution in [0.4, 0.5) is 5.69 Å². The number of fused-ring (bicyclic) bond motifs is 2. The molecule has 0 bridgehead atoms. The van der Waals surface area contributed by atoms with Gasteiger partial charge in [-0.05, 0) is 50.0 Å². The average molecular weight is 573 g/mol. The highest BCUT2D eigenvalue weighted by atomic mass is 127. The number of hydrogen-bond donors (Lipinski definition) is 0. The van der Waals surface area contributed by atoms with Crippen LogP contribution in [0, 0.1) is 0 Å². The number of aromatic nitrogens is 1. The molecule has 0 radical (unpaired) electrons. The van der Waals surface area contributed by atoms with E-state index < -0.39 is 0 Å². The van der Waals surface area contributed by atoms with Gasteiger partial charge in [-0.15, -0.1) is 0 Å². The lowest BCUT2D eigenvalue weighted by molar-refractivity contribution is -0.00000782. The first-order valence-corrected chi connectivity index (χ1v) is 12.7. The maximum absolute atomic E-state index is 6.46. The van der Waals surface area contributed by atoms with Crippen LogP contribution in [0.3, 0.4) is 0 Å². The Labute approximate surface area is 221 Å². The van der Waals surface area contributed by atoms with E-state index in [4.69, 9.17) is 9.15 Å². The van der Waals surface area contributed by atoms with Crippen LogP contribution in [0.1, 0.15) is 71.1 Å². The quantitative estimate of drug-likeness (QED) is 0.169. The highest BCUT2D eigenvalue weighted by Gasteiger charge is 2.44. The number of rotatable bonds is 12. The number of unbranched alkanes of at least 4 members (excludes halogenated alkanes) is 6. The normalized spacial score (nSPS) is 15.5. The number of nitrogens with zero attached hydrogens (tertiary/aromatic N) is 2. The van der Waals surface area contributed by atoms with Crippen LogP contribution in [0.15, 0.2) is 71.0 Å². The van der Waals surface area contributed by atoms with Gasteiger partial charge >= 0.3 is 5.88 Å². The smallest absolute Gasteiger partial charge is 0.302 e. The monoisotopic (exact) mass is 572 g/mol. The van der Waals surface area contributed by atoms with Gasteiger partial charge in [-0.25, -0.2) is 9.47 Å². The van der Waals surface area contributed by atoms with E-state index in [2.05, 4.69) is 49.2 Å². The minimum Gasteiger partial charge on any atom is -1.00 e. The van der Waals surface area contributed by atoms with Gasteiger partial charge in [-0.1, -0.05) is 63.8 Å². The lowest BCUT2D eigenvalue weighted by Gasteiger charge is -2.32. The van der Waals surface area contributed by atoms with Gasteiger partial charge in [-0.2, -0.15) is 0 Å². The zero-order valence-electron chi connectivity index (χ0n) is 20.5. The molecule has 0 unspecified atom stereocenters. The zero-order chi connectivity index (χ0) is 22.9. The topological polar surface area (TPSA) is 35.3 Å². The third-order valence-electron chi connectivity index (χ3n) is 6.54. The van der Waals surface area contributed by atoms with Crippen LogP contribution < -0.4 is 33.2 Å². The minimum atomic E-state index is 0. The Hall–Kier alpha value is -2.12. The standard InChI is InChI=1S/C29H37N2O2.HI/c1-3-5-7-13-22-31(23-14-8-6-4-2)25-17-10-12-19-27(25)33-29(31)21-15-20-28-30-24-16-9-11-18-26(24)32-28;/h9-12,15-21H,3-8,13-14,22-23H2,1-2H3;1H/q+1;/p-1. The second-order valence-electron chi connectivity index (χ2n) is 8.99. The molecule has 1 aliphatic rings. The summed E-state index contributed by atoms with van der Waals surface area (Å²) in [7, 11) is 0. The summed E-state index contributed by atoms with van der Waals surface area (Å²) in [4.78, 5) is 4.56. The van der Waals surface area contributed by atoms with E-state index in [9.17, 15) is 0 Å². The molecule has 0 fully saturated rings. The molecule has 5 heteroatoms. The number of hydrogen-bond acceptors (Lipinski definition) is 3. The van der Waals surface area contributed by atoms with Crippen molar-refractivity contribution >= 4 is 22.9 Å². The highest BCUT2D eigenvalue weighted by Crippen LogP contribution is 2.45. The van der Waals surface area contributed by atoms with Gasteiger partial charge in [0.25, 0.3) is 0 Å². The molecule has 34 heavy (non-hydrogen) atoms. The zero-order valence-corrected chi connectivity index (χ0v) is 22.7. The van der Waals surface area contributed by atoms with E-state index in [1.165, 1.54) is 57.1 Å². The summed E-state index contributed by atoms with van der Waals surface area (Å²) in [6.45, 7) is 6.69. The first-order chi connectivity index (χ1) is 16.3. The second kappa shape index (κ2) is 13.1. The lowest BCUT2D eigenvalue weighted by atomic mass is 10.1. The Morgan fingerprint density at radius 2 is 1.50 bits per heavy atom. The van der Waals surface area contributed by atoms with Gasteiger partial charge in [0.1, 0.15) is 5.52 Å². The van der Waals surface area contributed by atoms with Crippen molar-refractivity contribution in [2.75, 3.05) is 13.1 Å². The molecule has 0 saturated heterocycles. The molecule has 3 aromatic rings. The molecule has 4 rings (SSSR count). The summed E-state index contributed by atoms with van der Waals surface area (Å²) in [5.41, 5.74) is 2.99. The highest BCUT2D eigenvalue weighted by molar-refractivity contribution is 5.73. The van der Waals surface area contributed by atoms with Crippen molar-refractivity contribution in [1.82, 2.24) is 9.47 Å². The molecular weight excluding hydrogens is 535 g/mol. The SMILES string of the molecule is CCCCCC[N+]1(CCCCCC)C(=CC=Cc2nc3ccccc3o2)Oc2ccccc21.[I-]. The van der Waals surface area contributed by atoms with E-state index in [0.29, 0.717) is 5.89 Å². The first kappa shape index (κ1) is 26.5. The number of oxazole rings is 1. The van der Waals surface area contributed by atoms with Gasteiger partial charge < -0.3 is 33.1 Å². The Morgan fingerprint density at radius 1 is 0.824 bits per heavy atom. The number of para-hydroxylation sites is 4. The third-order valence-corrected chi connectivity index (χ3v) is 6.54. The van der Waals surface area contributed by atoms with Crippen molar-refractivity contribution in [3.05, 3.63) is 72.5 Å². The maximum atomic E-state index is 6.46. The molecule has 0 atom stereocenters. The van der Waals surface area contributed by atoms with Crippen LogP contribution in [-0.4, -0.2) is 18.1 Å². The Kier molecular flexibility index (Phi) is 10.2. The van der Waals surface area contributed by atoms with E-state index in [0.717, 1.165) is 40.3 Å². The van der Waals surface area contributed by atoms with Gasteiger partial charge in [0, 0.05) is 18.2 Å². The van der Waals surface area contributed by atoms with E-state index in [-0.39, 0.29) is 24.0 Å². The summed E-state index contributed by atoms with van der Waals surface area (Å²) in [6, 6.07) is 16.4. The fraction of sp³-hybridized carbons (Fsp3) is 0.414.